The lowest BCUT2D eigenvalue weighted by Gasteiger charge is -2.40. The van der Waals surface area contributed by atoms with Gasteiger partial charge in [0, 0.05) is 46.0 Å². The third kappa shape index (κ3) is 3.94. The second-order valence-corrected chi connectivity index (χ2v) is 6.59. The fourth-order valence-corrected chi connectivity index (χ4v) is 3.29. The maximum atomic E-state index is 12.8. The van der Waals surface area contributed by atoms with E-state index in [1.807, 2.05) is 56.6 Å². The lowest BCUT2D eigenvalue weighted by atomic mass is 10.0. The predicted molar refractivity (Wildman–Crippen MR) is 99.8 cm³/mol. The van der Waals surface area contributed by atoms with Crippen LogP contribution in [-0.4, -0.2) is 61.1 Å². The molecule has 1 amide bonds. The number of aromatic hydroxyl groups is 1. The van der Waals surface area contributed by atoms with E-state index in [0.29, 0.717) is 0 Å². The molecule has 0 aromatic heterocycles. The van der Waals surface area contributed by atoms with Gasteiger partial charge in [0.1, 0.15) is 11.8 Å². The second-order valence-electron chi connectivity index (χ2n) is 6.59. The van der Waals surface area contributed by atoms with E-state index in [1.54, 1.807) is 17.0 Å². The number of carbonyl (C=O) groups excluding carboxylic acids is 1. The van der Waals surface area contributed by atoms with Crippen molar-refractivity contribution in [2.45, 2.75) is 6.04 Å². The van der Waals surface area contributed by atoms with E-state index in [0.717, 1.165) is 37.4 Å². The molecule has 0 radical (unpaired) electrons. The van der Waals surface area contributed by atoms with Crippen LogP contribution in [0.25, 0.3) is 0 Å². The van der Waals surface area contributed by atoms with Crippen LogP contribution in [0.3, 0.4) is 0 Å². The minimum Gasteiger partial charge on any atom is -0.508 e. The highest BCUT2D eigenvalue weighted by Crippen LogP contribution is 2.26. The Morgan fingerprint density at radius 3 is 2.12 bits per heavy atom. The molecule has 2 aromatic rings. The van der Waals surface area contributed by atoms with Gasteiger partial charge in [-0.3, -0.25) is 9.69 Å². The zero-order valence-corrected chi connectivity index (χ0v) is 14.8. The molecular weight excluding hydrogens is 314 g/mol. The number of hydrogen-bond donors (Lipinski definition) is 1. The number of piperazine rings is 1. The Kier molecular flexibility index (Phi) is 5.24. The molecule has 0 spiro atoms. The summed E-state index contributed by atoms with van der Waals surface area (Å²) in [5.74, 6) is 0.396. The molecule has 1 fully saturated rings. The van der Waals surface area contributed by atoms with Gasteiger partial charge < -0.3 is 14.9 Å². The molecule has 2 aromatic carbocycles. The normalized spacial score (nSPS) is 16.5. The van der Waals surface area contributed by atoms with E-state index in [-0.39, 0.29) is 17.7 Å². The van der Waals surface area contributed by atoms with E-state index >= 15 is 0 Å². The molecule has 1 aliphatic rings. The van der Waals surface area contributed by atoms with E-state index in [2.05, 4.69) is 9.80 Å². The third-order valence-corrected chi connectivity index (χ3v) is 4.68. The van der Waals surface area contributed by atoms with Crippen LogP contribution in [0.1, 0.15) is 11.6 Å². The lowest BCUT2D eigenvalue weighted by molar-refractivity contribution is -0.134. The summed E-state index contributed by atoms with van der Waals surface area (Å²) in [6.07, 6.45) is 0. The minimum absolute atomic E-state index is 0.115. The van der Waals surface area contributed by atoms with Crippen molar-refractivity contribution in [3.8, 4) is 5.75 Å². The van der Waals surface area contributed by atoms with Crippen molar-refractivity contribution < 1.29 is 9.90 Å². The Balaban J connectivity index is 1.74. The van der Waals surface area contributed by atoms with Gasteiger partial charge in [0.15, 0.2) is 0 Å². The fourth-order valence-electron chi connectivity index (χ4n) is 3.29. The number of phenols is 1. The molecule has 0 bridgehead atoms. The number of phenolic OH excluding ortho intramolecular Hbond substituents is 1. The summed E-state index contributed by atoms with van der Waals surface area (Å²) in [5, 5.41) is 9.44. The SMILES string of the molecule is CN(C)C(=O)[C@@H](c1ccccc1)N1CCN(c2ccc(O)cc2)CC1. The molecule has 1 heterocycles. The van der Waals surface area contributed by atoms with Crippen molar-refractivity contribution in [2.75, 3.05) is 45.2 Å². The number of likely N-dealkylation sites (N-methyl/N-ethyl adjacent to an activating group) is 1. The molecule has 132 valence electrons. The molecule has 0 aliphatic carbocycles. The third-order valence-electron chi connectivity index (χ3n) is 4.68. The van der Waals surface area contributed by atoms with Gasteiger partial charge in [0.2, 0.25) is 5.91 Å². The summed E-state index contributed by atoms with van der Waals surface area (Å²) in [5.41, 5.74) is 2.15. The summed E-state index contributed by atoms with van der Waals surface area (Å²) in [6, 6.07) is 17.1. The molecule has 0 unspecified atom stereocenters. The minimum atomic E-state index is -0.238. The van der Waals surface area contributed by atoms with E-state index in [1.165, 1.54) is 0 Å². The quantitative estimate of drug-likeness (QED) is 0.929. The average molecular weight is 339 g/mol. The van der Waals surface area contributed by atoms with Crippen molar-refractivity contribution in [3.63, 3.8) is 0 Å². The highest BCUT2D eigenvalue weighted by atomic mass is 16.3. The summed E-state index contributed by atoms with van der Waals surface area (Å²) < 4.78 is 0. The van der Waals surface area contributed by atoms with Crippen LogP contribution in [0, 0.1) is 0 Å². The maximum Gasteiger partial charge on any atom is 0.244 e. The first-order valence-electron chi connectivity index (χ1n) is 8.60. The summed E-state index contributed by atoms with van der Waals surface area (Å²) in [4.78, 5) is 19.0. The van der Waals surface area contributed by atoms with Crippen molar-refractivity contribution in [2.24, 2.45) is 0 Å². The van der Waals surface area contributed by atoms with Gasteiger partial charge in [0.05, 0.1) is 0 Å². The molecule has 0 saturated carbocycles. The molecule has 1 atom stereocenters. The van der Waals surface area contributed by atoms with Crippen LogP contribution in [0.4, 0.5) is 5.69 Å². The molecule has 5 heteroatoms. The second kappa shape index (κ2) is 7.57. The van der Waals surface area contributed by atoms with Crippen LogP contribution in [0.15, 0.2) is 54.6 Å². The standard InChI is InChI=1S/C20H25N3O2/c1-21(2)20(25)19(16-6-4-3-5-7-16)23-14-12-22(13-15-23)17-8-10-18(24)11-9-17/h3-11,19,24H,12-15H2,1-2H3/t19-/m1/s1. The van der Waals surface area contributed by atoms with E-state index in [4.69, 9.17) is 0 Å². The summed E-state index contributed by atoms with van der Waals surface area (Å²) in [7, 11) is 3.62. The number of anilines is 1. The number of nitrogens with zero attached hydrogens (tertiary/aromatic N) is 3. The van der Waals surface area contributed by atoms with Crippen LogP contribution >= 0.6 is 0 Å². The molecule has 25 heavy (non-hydrogen) atoms. The molecule has 1 saturated heterocycles. The first-order chi connectivity index (χ1) is 12.1. The number of benzene rings is 2. The lowest BCUT2D eigenvalue weighted by Crippen LogP contribution is -2.51. The topological polar surface area (TPSA) is 47.0 Å². The Morgan fingerprint density at radius 1 is 0.960 bits per heavy atom. The largest absolute Gasteiger partial charge is 0.508 e. The summed E-state index contributed by atoms with van der Waals surface area (Å²) >= 11 is 0. The van der Waals surface area contributed by atoms with Crippen LogP contribution in [0.2, 0.25) is 0 Å². The monoisotopic (exact) mass is 339 g/mol. The molecule has 3 rings (SSSR count). The Morgan fingerprint density at radius 2 is 1.56 bits per heavy atom. The molecule has 5 nitrogen and oxygen atoms in total. The van der Waals surface area contributed by atoms with Crippen molar-refractivity contribution >= 4 is 11.6 Å². The number of amides is 1. The zero-order chi connectivity index (χ0) is 17.8. The van der Waals surface area contributed by atoms with Gasteiger partial charge >= 0.3 is 0 Å². The molecule has 1 N–H and O–H groups in total. The highest BCUT2D eigenvalue weighted by molar-refractivity contribution is 5.83. The maximum absolute atomic E-state index is 12.8. The van der Waals surface area contributed by atoms with Gasteiger partial charge in [-0.15, -0.1) is 0 Å². The van der Waals surface area contributed by atoms with Crippen molar-refractivity contribution in [1.29, 1.82) is 0 Å². The number of hydrogen-bond acceptors (Lipinski definition) is 4. The number of rotatable bonds is 4. The smallest absolute Gasteiger partial charge is 0.244 e. The van der Waals surface area contributed by atoms with Crippen LogP contribution in [-0.2, 0) is 4.79 Å². The van der Waals surface area contributed by atoms with Gasteiger partial charge in [-0.05, 0) is 29.8 Å². The van der Waals surface area contributed by atoms with Crippen molar-refractivity contribution in [1.82, 2.24) is 9.80 Å². The zero-order valence-electron chi connectivity index (χ0n) is 14.8. The Labute approximate surface area is 149 Å². The fraction of sp³-hybridized carbons (Fsp3) is 0.350. The Bertz CT molecular complexity index is 693. The van der Waals surface area contributed by atoms with Gasteiger partial charge in [-0.1, -0.05) is 30.3 Å². The van der Waals surface area contributed by atoms with Crippen LogP contribution < -0.4 is 4.90 Å². The first-order valence-corrected chi connectivity index (χ1v) is 8.60. The molecular formula is C20H25N3O2. The van der Waals surface area contributed by atoms with E-state index < -0.39 is 0 Å². The van der Waals surface area contributed by atoms with Gasteiger partial charge in [-0.2, -0.15) is 0 Å². The molecule has 1 aliphatic heterocycles. The highest BCUT2D eigenvalue weighted by Gasteiger charge is 2.31. The van der Waals surface area contributed by atoms with E-state index in [9.17, 15) is 9.90 Å². The average Bonchev–Trinajstić information content (AvgIpc) is 2.64. The van der Waals surface area contributed by atoms with Crippen molar-refractivity contribution in [3.05, 3.63) is 60.2 Å². The van der Waals surface area contributed by atoms with Gasteiger partial charge in [-0.25, -0.2) is 0 Å². The predicted octanol–water partition coefficient (Wildman–Crippen LogP) is 2.34. The number of carbonyl (C=O) groups is 1. The Hall–Kier alpha value is -2.53. The van der Waals surface area contributed by atoms with Gasteiger partial charge in [0.25, 0.3) is 0 Å². The first kappa shape index (κ1) is 17.3. The summed E-state index contributed by atoms with van der Waals surface area (Å²) in [6.45, 7) is 3.35. The van der Waals surface area contributed by atoms with Crippen LogP contribution in [0.5, 0.6) is 5.75 Å².